The van der Waals surface area contributed by atoms with Crippen LogP contribution in [0.1, 0.15) is 88.5 Å². The van der Waals surface area contributed by atoms with Gasteiger partial charge in [-0.3, -0.25) is 9.36 Å². The molecule has 1 saturated heterocycles. The molecule has 1 amide bonds. The van der Waals surface area contributed by atoms with Crippen LogP contribution in [0.3, 0.4) is 0 Å². The maximum absolute atomic E-state index is 14.6. The van der Waals surface area contributed by atoms with Gasteiger partial charge in [-0.05, 0) is 81.8 Å². The zero-order valence-electron chi connectivity index (χ0n) is 32.0. The number of carbonyl (C=O) groups excluding carboxylic acids is 1. The zero-order valence-corrected chi connectivity index (χ0v) is 33.8. The van der Waals surface area contributed by atoms with E-state index in [0.29, 0.717) is 32.8 Å². The van der Waals surface area contributed by atoms with Gasteiger partial charge in [0.15, 0.2) is 0 Å². The Hall–Kier alpha value is -2.29. The van der Waals surface area contributed by atoms with Gasteiger partial charge in [-0.1, -0.05) is 103 Å². The van der Waals surface area contributed by atoms with E-state index in [2.05, 4.69) is 139 Å². The summed E-state index contributed by atoms with van der Waals surface area (Å²) in [5.41, 5.74) is -0.724. The van der Waals surface area contributed by atoms with Crippen molar-refractivity contribution in [3.63, 3.8) is 0 Å². The van der Waals surface area contributed by atoms with Crippen LogP contribution in [0, 0.1) is 16.2 Å². The molecule has 0 N–H and O–H groups in total. The van der Waals surface area contributed by atoms with Crippen molar-refractivity contribution in [2.45, 2.75) is 93.7 Å². The van der Waals surface area contributed by atoms with Crippen molar-refractivity contribution in [2.24, 2.45) is 16.2 Å². The fourth-order valence-corrected chi connectivity index (χ4v) is 15.1. The second-order valence-corrected chi connectivity index (χ2v) is 23.7. The van der Waals surface area contributed by atoms with E-state index in [0.717, 1.165) is 25.4 Å². The molecule has 3 unspecified atom stereocenters. The summed E-state index contributed by atoms with van der Waals surface area (Å²) in [6.07, 6.45) is 3.52. The van der Waals surface area contributed by atoms with Crippen LogP contribution in [0.25, 0.3) is 0 Å². The van der Waals surface area contributed by atoms with Gasteiger partial charge < -0.3 is 9.42 Å². The van der Waals surface area contributed by atoms with E-state index in [-0.39, 0.29) is 16.7 Å². The lowest BCUT2D eigenvalue weighted by molar-refractivity contribution is -0.144. The lowest BCUT2D eigenvalue weighted by Crippen LogP contribution is -2.54. The maximum Gasteiger partial charge on any atom is 0.277 e. The number of hydrogen-bond acceptors (Lipinski definition) is 3. The smallest absolute Gasteiger partial charge is 0.277 e. The molecule has 49 heavy (non-hydrogen) atoms. The van der Waals surface area contributed by atoms with Crippen molar-refractivity contribution >= 4 is 36.6 Å². The molecule has 1 aliphatic heterocycles. The van der Waals surface area contributed by atoms with E-state index < -0.39 is 25.4 Å². The van der Waals surface area contributed by atoms with Crippen molar-refractivity contribution in [1.29, 1.82) is 0 Å². The van der Waals surface area contributed by atoms with Crippen molar-refractivity contribution in [3.05, 3.63) is 91.0 Å². The molecular formula is C42H63N2O3P2+. The largest absolute Gasteiger partial charge is 0.340 e. The summed E-state index contributed by atoms with van der Waals surface area (Å²) >= 11 is 0. The van der Waals surface area contributed by atoms with Gasteiger partial charge in [-0.25, -0.2) is 4.67 Å². The Kier molecular flexibility index (Phi) is 12.5. The van der Waals surface area contributed by atoms with Crippen LogP contribution in [0.5, 0.6) is 0 Å². The first-order chi connectivity index (χ1) is 22.9. The molecule has 0 bridgehead atoms. The molecule has 0 saturated carbocycles. The Labute approximate surface area is 299 Å². The predicted molar refractivity (Wildman–Crippen MR) is 212 cm³/mol. The maximum atomic E-state index is 14.6. The highest BCUT2D eigenvalue weighted by atomic mass is 31.2. The first-order valence-electron chi connectivity index (χ1n) is 18.3. The summed E-state index contributed by atoms with van der Waals surface area (Å²) in [7, 11) is -5.22. The van der Waals surface area contributed by atoms with E-state index in [9.17, 15) is 9.36 Å². The van der Waals surface area contributed by atoms with Crippen molar-refractivity contribution in [3.8, 4) is 0 Å². The third kappa shape index (κ3) is 8.78. The molecule has 0 radical (unpaired) electrons. The highest BCUT2D eigenvalue weighted by molar-refractivity contribution is 7.95. The number of amides is 1. The van der Waals surface area contributed by atoms with Crippen molar-refractivity contribution in [1.82, 2.24) is 9.57 Å². The summed E-state index contributed by atoms with van der Waals surface area (Å²) in [5, 5.41) is 3.62. The van der Waals surface area contributed by atoms with Crippen LogP contribution in [0.15, 0.2) is 91.0 Å². The van der Waals surface area contributed by atoms with E-state index in [1.165, 1.54) is 15.9 Å². The number of carbonyl (C=O) groups is 1. The first-order valence-corrected chi connectivity index (χ1v) is 21.8. The zero-order chi connectivity index (χ0) is 36.1. The second-order valence-electron chi connectivity index (χ2n) is 17.0. The molecule has 3 aromatic rings. The van der Waals surface area contributed by atoms with Crippen LogP contribution in [0.4, 0.5) is 0 Å². The lowest BCUT2D eigenvalue weighted by Gasteiger charge is -2.46. The average Bonchev–Trinajstić information content (AvgIpc) is 3.09. The van der Waals surface area contributed by atoms with E-state index in [4.69, 9.17) is 4.52 Å². The minimum atomic E-state index is -3.13. The molecule has 268 valence electrons. The van der Waals surface area contributed by atoms with Gasteiger partial charge >= 0.3 is 0 Å². The Bertz CT molecular complexity index is 1450. The molecule has 3 aromatic carbocycles. The minimum Gasteiger partial charge on any atom is -0.340 e. The molecule has 7 heteroatoms. The summed E-state index contributed by atoms with van der Waals surface area (Å²) in [6, 6.07) is 33.2. The van der Waals surface area contributed by atoms with E-state index in [1.807, 2.05) is 30.3 Å². The quantitative estimate of drug-likeness (QED) is 0.166. The Morgan fingerprint density at radius 2 is 1.12 bits per heavy atom. The van der Waals surface area contributed by atoms with Gasteiger partial charge in [-0.2, -0.15) is 0 Å². The summed E-state index contributed by atoms with van der Waals surface area (Å²) in [4.78, 5) is 16.7. The lowest BCUT2D eigenvalue weighted by atomic mass is 9.70. The molecule has 0 aromatic heterocycles. The fraction of sp³-hybridized carbons (Fsp3) is 0.548. The van der Waals surface area contributed by atoms with Gasteiger partial charge in [0, 0.05) is 37.0 Å². The summed E-state index contributed by atoms with van der Waals surface area (Å²) < 4.78 is 22.8. The van der Waals surface area contributed by atoms with E-state index >= 15 is 0 Å². The molecular weight excluding hydrogens is 642 g/mol. The van der Waals surface area contributed by atoms with Crippen LogP contribution in [0.2, 0.25) is 0 Å². The normalized spacial score (nSPS) is 18.7. The van der Waals surface area contributed by atoms with Crippen LogP contribution in [-0.4, -0.2) is 59.6 Å². The second kappa shape index (κ2) is 15.5. The third-order valence-corrected chi connectivity index (χ3v) is 18.7. The number of rotatable bonds is 13. The minimum absolute atomic E-state index is 0.0883. The van der Waals surface area contributed by atoms with Gasteiger partial charge in [0.2, 0.25) is 5.91 Å². The molecule has 0 spiro atoms. The number of hydrogen-bond donors (Lipinski definition) is 0. The average molecular weight is 706 g/mol. The molecule has 0 aliphatic carbocycles. The topological polar surface area (TPSA) is 49.9 Å². The van der Waals surface area contributed by atoms with Crippen molar-refractivity contribution in [2.75, 3.05) is 38.9 Å². The van der Waals surface area contributed by atoms with Gasteiger partial charge in [0.1, 0.15) is 23.2 Å². The fourth-order valence-electron chi connectivity index (χ4n) is 7.45. The molecule has 3 atom stereocenters. The SMILES string of the molecule is CCC(C)(CC(C)(CC)C(=O)N1CCN(P(=O)(OCC(C)(C)C)C(C)(C)C)CC1)C[P+](c1ccccc1)(c1ccccc1)c1ccccc1. The van der Waals surface area contributed by atoms with Crippen molar-refractivity contribution < 1.29 is 13.9 Å². The molecule has 1 fully saturated rings. The highest BCUT2D eigenvalue weighted by Crippen LogP contribution is 2.63. The van der Waals surface area contributed by atoms with Gasteiger partial charge in [0.25, 0.3) is 7.52 Å². The highest BCUT2D eigenvalue weighted by Gasteiger charge is 2.53. The predicted octanol–water partition coefficient (Wildman–Crippen LogP) is 9.40. The van der Waals surface area contributed by atoms with Gasteiger partial charge in [-0.15, -0.1) is 0 Å². The Morgan fingerprint density at radius 1 is 0.694 bits per heavy atom. The number of piperazine rings is 1. The summed E-state index contributed by atoms with van der Waals surface area (Å²) in [6.45, 7) is 24.1. The van der Waals surface area contributed by atoms with Crippen LogP contribution in [-0.2, 0) is 13.9 Å². The monoisotopic (exact) mass is 705 g/mol. The molecule has 4 rings (SSSR count). The standard InChI is InChI=1S/C42H63N2O3P2/c1-11-41(9,34-48(35-22-16-13-17-23-35,36-24-18-14-19-25-36)37-26-20-15-21-27-37)32-42(10,12-2)38(45)43-28-30-44(31-29-43)49(46,40(6,7)8)47-33-39(3,4)5/h13-27H,11-12,28-34H2,1-10H3/q+1. The molecule has 1 heterocycles. The molecule has 1 aliphatic rings. The Morgan fingerprint density at radius 3 is 1.47 bits per heavy atom. The number of benzene rings is 3. The molecule has 5 nitrogen and oxygen atoms in total. The van der Waals surface area contributed by atoms with Gasteiger partial charge in [0.05, 0.1) is 17.9 Å². The third-order valence-electron chi connectivity index (χ3n) is 10.6. The summed E-state index contributed by atoms with van der Waals surface area (Å²) in [5.74, 6) is 0.221. The van der Waals surface area contributed by atoms with E-state index in [1.54, 1.807) is 0 Å². The Balaban J connectivity index is 1.64. The van der Waals surface area contributed by atoms with Crippen LogP contribution < -0.4 is 15.9 Å². The van der Waals surface area contributed by atoms with Crippen LogP contribution >= 0.6 is 14.8 Å². The first kappa shape index (κ1) is 39.5. The number of nitrogens with zero attached hydrogens (tertiary/aromatic N) is 2.